The third kappa shape index (κ3) is 3.89. The lowest BCUT2D eigenvalue weighted by molar-refractivity contribution is 0.518. The van der Waals surface area contributed by atoms with Gasteiger partial charge in [-0.15, -0.1) is 0 Å². The molecule has 14 heavy (non-hydrogen) atoms. The maximum Gasteiger partial charge on any atom is 0.150 e. The highest BCUT2D eigenvalue weighted by Crippen LogP contribution is 2.29. The highest BCUT2D eigenvalue weighted by atomic mass is 79.9. The van der Waals surface area contributed by atoms with E-state index in [0.717, 1.165) is 12.8 Å². The van der Waals surface area contributed by atoms with Gasteiger partial charge in [-0.25, -0.2) is 8.42 Å². The molecule has 2 atom stereocenters. The van der Waals surface area contributed by atoms with Crippen LogP contribution in [0.4, 0.5) is 0 Å². The summed E-state index contributed by atoms with van der Waals surface area (Å²) in [6.45, 7) is 2.18. The molecule has 1 fully saturated rings. The predicted octanol–water partition coefficient (Wildman–Crippen LogP) is 2.76. The number of hydrogen-bond acceptors (Lipinski definition) is 2. The van der Waals surface area contributed by atoms with Crippen molar-refractivity contribution in [3.63, 3.8) is 0 Å². The second kappa shape index (κ2) is 5.50. The van der Waals surface area contributed by atoms with Crippen molar-refractivity contribution in [2.75, 3.05) is 11.5 Å². The molecular weight excluding hydrogens is 264 g/mol. The summed E-state index contributed by atoms with van der Waals surface area (Å²) in [5, 5.41) is 0. The first-order chi connectivity index (χ1) is 6.55. The number of alkyl halides is 1. The molecule has 0 aromatic rings. The summed E-state index contributed by atoms with van der Waals surface area (Å²) in [5.74, 6) is 1.15. The molecule has 2 unspecified atom stereocenters. The Bertz CT molecular complexity index is 261. The molecule has 1 saturated heterocycles. The number of rotatable bonds is 5. The molecule has 84 valence electrons. The van der Waals surface area contributed by atoms with Crippen molar-refractivity contribution >= 4 is 25.8 Å². The third-order valence-electron chi connectivity index (χ3n) is 2.86. The number of halogens is 1. The second-order valence-electron chi connectivity index (χ2n) is 4.17. The van der Waals surface area contributed by atoms with E-state index in [9.17, 15) is 8.42 Å². The third-order valence-corrected chi connectivity index (χ3v) is 5.86. The molecule has 1 aliphatic heterocycles. The Labute approximate surface area is 95.5 Å². The van der Waals surface area contributed by atoms with Crippen LogP contribution < -0.4 is 0 Å². The van der Waals surface area contributed by atoms with Crippen LogP contribution >= 0.6 is 15.9 Å². The van der Waals surface area contributed by atoms with Crippen molar-refractivity contribution in [2.45, 2.75) is 43.9 Å². The van der Waals surface area contributed by atoms with Crippen molar-refractivity contribution in [1.82, 2.24) is 0 Å². The van der Waals surface area contributed by atoms with Crippen LogP contribution in [-0.2, 0) is 9.84 Å². The molecule has 0 bridgehead atoms. The summed E-state index contributed by atoms with van der Waals surface area (Å²) in [5.41, 5.74) is 0. The maximum absolute atomic E-state index is 11.3. The SMILES string of the molecule is CCCCCC(Br)C1CCS(=O)(=O)C1. The van der Waals surface area contributed by atoms with Gasteiger partial charge in [0.2, 0.25) is 0 Å². The van der Waals surface area contributed by atoms with E-state index < -0.39 is 9.84 Å². The Balaban J connectivity index is 2.29. The summed E-state index contributed by atoms with van der Waals surface area (Å²) in [6, 6.07) is 0. The minimum absolute atomic E-state index is 0.358. The standard InChI is InChI=1S/C10H19BrO2S/c1-2-3-4-5-10(11)9-6-7-14(12,13)8-9/h9-10H,2-8H2,1H3. The van der Waals surface area contributed by atoms with Gasteiger partial charge in [-0.05, 0) is 18.8 Å². The van der Waals surface area contributed by atoms with Crippen LogP contribution in [0.3, 0.4) is 0 Å². The first-order valence-electron chi connectivity index (χ1n) is 5.39. The lowest BCUT2D eigenvalue weighted by Gasteiger charge is -2.15. The van der Waals surface area contributed by atoms with E-state index in [1.165, 1.54) is 19.3 Å². The molecule has 0 radical (unpaired) electrons. The van der Waals surface area contributed by atoms with Crippen LogP contribution in [0.1, 0.15) is 39.0 Å². The fourth-order valence-electron chi connectivity index (χ4n) is 1.93. The average Bonchev–Trinajstić information content (AvgIpc) is 2.46. The quantitative estimate of drug-likeness (QED) is 0.574. The van der Waals surface area contributed by atoms with Gasteiger partial charge in [-0.2, -0.15) is 0 Å². The second-order valence-corrected chi connectivity index (χ2v) is 7.58. The van der Waals surface area contributed by atoms with Crippen molar-refractivity contribution in [3.8, 4) is 0 Å². The number of unbranched alkanes of at least 4 members (excludes halogenated alkanes) is 2. The van der Waals surface area contributed by atoms with Crippen molar-refractivity contribution < 1.29 is 8.42 Å². The first kappa shape index (κ1) is 12.5. The van der Waals surface area contributed by atoms with Crippen molar-refractivity contribution in [2.24, 2.45) is 5.92 Å². The molecule has 0 saturated carbocycles. The van der Waals surface area contributed by atoms with Gasteiger partial charge in [-0.1, -0.05) is 42.1 Å². The van der Waals surface area contributed by atoms with Crippen molar-refractivity contribution in [1.29, 1.82) is 0 Å². The zero-order valence-corrected chi connectivity index (χ0v) is 11.1. The van der Waals surface area contributed by atoms with Crippen LogP contribution in [0.25, 0.3) is 0 Å². The molecule has 0 N–H and O–H groups in total. The highest BCUT2D eigenvalue weighted by molar-refractivity contribution is 9.09. The van der Waals surface area contributed by atoms with Gasteiger partial charge in [0.25, 0.3) is 0 Å². The molecule has 2 nitrogen and oxygen atoms in total. The van der Waals surface area contributed by atoms with Gasteiger partial charge in [0, 0.05) is 4.83 Å². The molecule has 0 aliphatic carbocycles. The van der Waals surface area contributed by atoms with E-state index in [0.29, 0.717) is 22.3 Å². The minimum atomic E-state index is -2.70. The summed E-state index contributed by atoms with van der Waals surface area (Å²) < 4.78 is 22.5. The van der Waals surface area contributed by atoms with Crippen molar-refractivity contribution in [3.05, 3.63) is 0 Å². The molecular formula is C10H19BrO2S. The van der Waals surface area contributed by atoms with E-state index >= 15 is 0 Å². The van der Waals surface area contributed by atoms with Gasteiger partial charge in [0.05, 0.1) is 11.5 Å². The molecule has 4 heteroatoms. The number of hydrogen-bond donors (Lipinski definition) is 0. The molecule has 1 rings (SSSR count). The van der Waals surface area contributed by atoms with Gasteiger partial charge in [0.1, 0.15) is 0 Å². The van der Waals surface area contributed by atoms with Gasteiger partial charge < -0.3 is 0 Å². The van der Waals surface area contributed by atoms with Gasteiger partial charge in [0.15, 0.2) is 9.84 Å². The summed E-state index contributed by atoms with van der Waals surface area (Å²) >= 11 is 3.62. The Morgan fingerprint density at radius 2 is 2.14 bits per heavy atom. The van der Waals surface area contributed by atoms with Crippen LogP contribution in [-0.4, -0.2) is 24.8 Å². The lowest BCUT2D eigenvalue weighted by Crippen LogP contribution is -2.15. The van der Waals surface area contributed by atoms with Crippen LogP contribution in [0.2, 0.25) is 0 Å². The van der Waals surface area contributed by atoms with E-state index in [-0.39, 0.29) is 0 Å². The van der Waals surface area contributed by atoms with Gasteiger partial charge in [-0.3, -0.25) is 0 Å². The summed E-state index contributed by atoms with van der Waals surface area (Å²) in [4.78, 5) is 0.409. The van der Waals surface area contributed by atoms with Crippen LogP contribution in [0.5, 0.6) is 0 Å². The van der Waals surface area contributed by atoms with E-state index in [1.807, 2.05) is 0 Å². The number of sulfone groups is 1. The smallest absolute Gasteiger partial charge is 0.150 e. The molecule has 0 aromatic heterocycles. The lowest BCUT2D eigenvalue weighted by atomic mass is 10.0. The van der Waals surface area contributed by atoms with E-state index in [4.69, 9.17) is 0 Å². The molecule has 1 heterocycles. The summed E-state index contributed by atoms with van der Waals surface area (Å²) in [6.07, 6.45) is 5.66. The molecule has 0 spiro atoms. The summed E-state index contributed by atoms with van der Waals surface area (Å²) in [7, 11) is -2.70. The van der Waals surface area contributed by atoms with E-state index in [2.05, 4.69) is 22.9 Å². The Hall–Kier alpha value is 0.430. The molecule has 0 aromatic carbocycles. The maximum atomic E-state index is 11.3. The Kier molecular flexibility index (Phi) is 4.91. The monoisotopic (exact) mass is 282 g/mol. The average molecular weight is 283 g/mol. The fraction of sp³-hybridized carbons (Fsp3) is 1.00. The highest BCUT2D eigenvalue weighted by Gasteiger charge is 2.31. The normalized spacial score (nSPS) is 27.7. The molecule has 1 aliphatic rings. The molecule has 0 amide bonds. The zero-order valence-electron chi connectivity index (χ0n) is 8.71. The Morgan fingerprint density at radius 1 is 1.43 bits per heavy atom. The Morgan fingerprint density at radius 3 is 2.64 bits per heavy atom. The van der Waals surface area contributed by atoms with E-state index in [1.54, 1.807) is 0 Å². The zero-order chi connectivity index (χ0) is 10.6. The van der Waals surface area contributed by atoms with Gasteiger partial charge >= 0.3 is 0 Å². The van der Waals surface area contributed by atoms with Crippen LogP contribution in [0.15, 0.2) is 0 Å². The first-order valence-corrected chi connectivity index (χ1v) is 8.13. The largest absolute Gasteiger partial charge is 0.229 e. The predicted molar refractivity (Wildman–Crippen MR) is 63.6 cm³/mol. The fourth-order valence-corrected chi connectivity index (χ4v) is 4.84. The topological polar surface area (TPSA) is 34.1 Å². The minimum Gasteiger partial charge on any atom is -0.229 e. The van der Waals surface area contributed by atoms with Crippen LogP contribution in [0, 0.1) is 5.92 Å².